The van der Waals surface area contributed by atoms with E-state index in [0.29, 0.717) is 6.61 Å². The highest BCUT2D eigenvalue weighted by Crippen LogP contribution is 2.23. The minimum atomic E-state index is -4.85. The minimum absolute atomic E-state index is 0.126. The normalized spacial score (nSPS) is 11.4. The lowest BCUT2D eigenvalue weighted by atomic mass is 10.1. The fourth-order valence-corrected chi connectivity index (χ4v) is 1.94. The van der Waals surface area contributed by atoms with E-state index in [9.17, 15) is 22.4 Å². The Balaban J connectivity index is 2.02. The average Bonchev–Trinajstić information content (AvgIpc) is 2.54. The summed E-state index contributed by atoms with van der Waals surface area (Å²) in [6.07, 6.45) is -4.85. The molecule has 0 atom stereocenters. The van der Waals surface area contributed by atoms with E-state index in [1.54, 1.807) is 19.2 Å². The molecule has 4 nitrogen and oxygen atoms in total. The fourth-order valence-electron chi connectivity index (χ4n) is 1.94. The van der Waals surface area contributed by atoms with E-state index >= 15 is 0 Å². The molecule has 8 heteroatoms. The number of hydrogen-bond donors (Lipinski definition) is 0. The Morgan fingerprint density at radius 3 is 2.28 bits per heavy atom. The fraction of sp³-hybridized carbons (Fsp3) is 0.235. The number of methoxy groups -OCH3 is 1. The Morgan fingerprint density at radius 1 is 1.04 bits per heavy atom. The van der Waals surface area contributed by atoms with Crippen molar-refractivity contribution in [3.05, 3.63) is 65.0 Å². The van der Waals surface area contributed by atoms with Crippen molar-refractivity contribution in [3.8, 4) is 5.75 Å². The molecule has 0 saturated carbocycles. The molecule has 0 bridgehead atoms. The van der Waals surface area contributed by atoms with E-state index in [2.05, 4.69) is 4.74 Å². The first-order valence-electron chi connectivity index (χ1n) is 7.07. The molecule has 2 aromatic carbocycles. The molecule has 0 saturated heterocycles. The first kappa shape index (κ1) is 18.9. The number of ether oxygens (including phenoxy) is 3. The number of carbonyl (C=O) groups excluding carboxylic acids is 1. The monoisotopic (exact) mass is 358 g/mol. The van der Waals surface area contributed by atoms with Gasteiger partial charge in [-0.1, -0.05) is 18.2 Å². The second-order valence-electron chi connectivity index (χ2n) is 5.01. The van der Waals surface area contributed by atoms with Gasteiger partial charge in [-0.2, -0.15) is 0 Å². The Morgan fingerprint density at radius 2 is 1.72 bits per heavy atom. The lowest BCUT2D eigenvalue weighted by molar-refractivity contribution is -0.330. The smallest absolute Gasteiger partial charge is 0.423 e. The Labute approximate surface area is 140 Å². The van der Waals surface area contributed by atoms with Gasteiger partial charge in [-0.15, -0.1) is 13.2 Å². The number of hydrogen-bond acceptors (Lipinski definition) is 4. The highest BCUT2D eigenvalue weighted by molar-refractivity contribution is 5.91. The van der Waals surface area contributed by atoms with E-state index in [1.165, 1.54) is 18.2 Å². The standard InChI is InChI=1S/C17H14F4O4/c1-23-9-11-2-4-12(5-3-11)16(22)25-14-7-6-13(15(18)8-14)10-24-17(19,20)21/h2-8H,9-10H2,1H3. The first-order chi connectivity index (χ1) is 11.8. The second kappa shape index (κ2) is 8.09. The van der Waals surface area contributed by atoms with Crippen molar-refractivity contribution >= 4 is 5.97 Å². The lowest BCUT2D eigenvalue weighted by Crippen LogP contribution is -2.13. The van der Waals surface area contributed by atoms with Crippen LogP contribution in [-0.4, -0.2) is 19.4 Å². The van der Waals surface area contributed by atoms with Crippen LogP contribution in [0.5, 0.6) is 5.75 Å². The van der Waals surface area contributed by atoms with Crippen LogP contribution in [0.25, 0.3) is 0 Å². The molecule has 0 aliphatic carbocycles. The van der Waals surface area contributed by atoms with E-state index in [-0.39, 0.29) is 16.9 Å². The molecule has 134 valence electrons. The highest BCUT2D eigenvalue weighted by Gasteiger charge is 2.29. The van der Waals surface area contributed by atoms with Crippen LogP contribution < -0.4 is 4.74 Å². The molecule has 0 fully saturated rings. The van der Waals surface area contributed by atoms with E-state index in [0.717, 1.165) is 17.7 Å². The minimum Gasteiger partial charge on any atom is -0.423 e. The first-order valence-corrected chi connectivity index (χ1v) is 7.07. The summed E-state index contributed by atoms with van der Waals surface area (Å²) >= 11 is 0. The van der Waals surface area contributed by atoms with Crippen LogP contribution >= 0.6 is 0 Å². The molecule has 0 heterocycles. The lowest BCUT2D eigenvalue weighted by Gasteiger charge is -2.10. The summed E-state index contributed by atoms with van der Waals surface area (Å²) in [5, 5.41) is 0. The maximum atomic E-state index is 13.8. The van der Waals surface area contributed by atoms with Crippen molar-refractivity contribution in [3.63, 3.8) is 0 Å². The summed E-state index contributed by atoms with van der Waals surface area (Å²) < 4.78 is 63.2. The molecule has 0 spiro atoms. The van der Waals surface area contributed by atoms with Crippen LogP contribution in [0.15, 0.2) is 42.5 Å². The molecule has 0 aliphatic heterocycles. The number of esters is 1. The van der Waals surface area contributed by atoms with Crippen LogP contribution in [0, 0.1) is 5.82 Å². The Kier molecular flexibility index (Phi) is 6.11. The largest absolute Gasteiger partial charge is 0.522 e. The van der Waals surface area contributed by atoms with Gasteiger partial charge in [0.15, 0.2) is 0 Å². The second-order valence-corrected chi connectivity index (χ2v) is 5.01. The van der Waals surface area contributed by atoms with Gasteiger partial charge in [-0.05, 0) is 23.8 Å². The summed E-state index contributed by atoms with van der Waals surface area (Å²) in [5.74, 6) is -1.81. The van der Waals surface area contributed by atoms with E-state index in [1.807, 2.05) is 0 Å². The summed E-state index contributed by atoms with van der Waals surface area (Å²) in [5.41, 5.74) is 0.796. The van der Waals surface area contributed by atoms with Gasteiger partial charge in [-0.3, -0.25) is 4.74 Å². The summed E-state index contributed by atoms with van der Waals surface area (Å²) in [6.45, 7) is -0.577. The number of carbonyl (C=O) groups is 1. The zero-order chi connectivity index (χ0) is 18.4. The third-order valence-corrected chi connectivity index (χ3v) is 3.13. The van der Waals surface area contributed by atoms with Crippen molar-refractivity contribution in [2.45, 2.75) is 19.6 Å². The van der Waals surface area contributed by atoms with Crippen LogP contribution in [0.1, 0.15) is 21.5 Å². The molecule has 0 unspecified atom stereocenters. The predicted octanol–water partition coefficient (Wildman–Crippen LogP) is 4.23. The molecule has 0 amide bonds. The molecule has 2 aromatic rings. The van der Waals surface area contributed by atoms with Crippen LogP contribution in [0.2, 0.25) is 0 Å². The van der Waals surface area contributed by atoms with Crippen molar-refractivity contribution in [2.24, 2.45) is 0 Å². The van der Waals surface area contributed by atoms with Gasteiger partial charge in [0.05, 0.1) is 18.8 Å². The van der Waals surface area contributed by atoms with Crippen molar-refractivity contribution in [1.82, 2.24) is 0 Å². The van der Waals surface area contributed by atoms with E-state index < -0.39 is 24.8 Å². The number of benzene rings is 2. The number of alkyl halides is 3. The maximum Gasteiger partial charge on any atom is 0.522 e. The molecular weight excluding hydrogens is 344 g/mol. The average molecular weight is 358 g/mol. The maximum absolute atomic E-state index is 13.8. The Hall–Kier alpha value is -2.45. The number of halogens is 4. The van der Waals surface area contributed by atoms with E-state index in [4.69, 9.17) is 9.47 Å². The predicted molar refractivity (Wildman–Crippen MR) is 79.4 cm³/mol. The van der Waals surface area contributed by atoms with Gasteiger partial charge in [0.1, 0.15) is 11.6 Å². The zero-order valence-corrected chi connectivity index (χ0v) is 13.1. The summed E-state index contributed by atoms with van der Waals surface area (Å²) in [6, 6.07) is 9.49. The van der Waals surface area contributed by atoms with Gasteiger partial charge in [0.25, 0.3) is 0 Å². The van der Waals surface area contributed by atoms with Gasteiger partial charge in [0, 0.05) is 18.7 Å². The number of rotatable bonds is 6. The molecule has 2 rings (SSSR count). The SMILES string of the molecule is COCc1ccc(C(=O)Oc2ccc(COC(F)(F)F)c(F)c2)cc1. The van der Waals surface area contributed by atoms with Gasteiger partial charge < -0.3 is 9.47 Å². The molecule has 25 heavy (non-hydrogen) atoms. The van der Waals surface area contributed by atoms with Gasteiger partial charge in [-0.25, -0.2) is 9.18 Å². The van der Waals surface area contributed by atoms with Crippen molar-refractivity contribution < 1.29 is 36.6 Å². The topological polar surface area (TPSA) is 44.8 Å². The van der Waals surface area contributed by atoms with Crippen molar-refractivity contribution in [2.75, 3.05) is 7.11 Å². The molecule has 0 radical (unpaired) electrons. The molecule has 0 N–H and O–H groups in total. The van der Waals surface area contributed by atoms with Crippen LogP contribution in [0.3, 0.4) is 0 Å². The summed E-state index contributed by atoms with van der Waals surface area (Å²) in [7, 11) is 1.54. The third kappa shape index (κ3) is 5.84. The highest BCUT2D eigenvalue weighted by atomic mass is 19.4. The zero-order valence-electron chi connectivity index (χ0n) is 13.1. The Bertz CT molecular complexity index is 726. The molecule has 0 aliphatic rings. The third-order valence-electron chi connectivity index (χ3n) is 3.13. The van der Waals surface area contributed by atoms with Crippen molar-refractivity contribution in [1.29, 1.82) is 0 Å². The summed E-state index contributed by atoms with van der Waals surface area (Å²) in [4.78, 5) is 12.0. The molecule has 0 aromatic heterocycles. The van der Waals surface area contributed by atoms with Crippen LogP contribution in [-0.2, 0) is 22.7 Å². The quantitative estimate of drug-likeness (QED) is 0.440. The van der Waals surface area contributed by atoms with Gasteiger partial charge >= 0.3 is 12.3 Å². The van der Waals surface area contributed by atoms with Gasteiger partial charge in [0.2, 0.25) is 0 Å². The molecular formula is C17H14F4O4. The van der Waals surface area contributed by atoms with Crippen LogP contribution in [0.4, 0.5) is 17.6 Å².